The van der Waals surface area contributed by atoms with Crippen molar-refractivity contribution in [3.8, 4) is 122 Å². The van der Waals surface area contributed by atoms with Crippen LogP contribution in [0.25, 0.3) is 155 Å². The maximum atomic E-state index is 6.20. The molecule has 0 amide bonds. The van der Waals surface area contributed by atoms with Gasteiger partial charge in [-0.1, -0.05) is 453 Å². The van der Waals surface area contributed by atoms with Crippen molar-refractivity contribution in [3.63, 3.8) is 0 Å². The highest BCUT2D eigenvalue weighted by atomic mass is 79.9. The third-order valence-corrected chi connectivity index (χ3v) is 27.7. The summed E-state index contributed by atoms with van der Waals surface area (Å²) in [7, 11) is 0. The molecule has 0 fully saturated rings. The van der Waals surface area contributed by atoms with Gasteiger partial charge < -0.3 is 31.9 Å². The summed E-state index contributed by atoms with van der Waals surface area (Å²) in [6, 6.07) is 180. The molecule has 0 saturated heterocycles. The van der Waals surface area contributed by atoms with E-state index in [0.29, 0.717) is 0 Å². The van der Waals surface area contributed by atoms with Crippen LogP contribution in [0.3, 0.4) is 0 Å². The van der Waals surface area contributed by atoms with E-state index in [2.05, 4.69) is 485 Å². The van der Waals surface area contributed by atoms with Crippen molar-refractivity contribution in [2.45, 2.75) is 12.1 Å². The van der Waals surface area contributed by atoms with Crippen LogP contribution < -0.4 is 31.9 Å². The zero-order valence-electron chi connectivity index (χ0n) is 74.0. The Bertz CT molecular complexity index is 7830. The normalized spacial score (nSPS) is 13.0. The first-order chi connectivity index (χ1) is 66.8. The number of nitrogen functional groups attached to an aromatic ring is 2. The fourth-order valence-electron chi connectivity index (χ4n) is 21.0. The van der Waals surface area contributed by atoms with E-state index in [1.54, 1.807) is 0 Å². The highest BCUT2D eigenvalue weighted by Crippen LogP contribution is 2.63. The van der Waals surface area contributed by atoms with Gasteiger partial charge in [-0.15, -0.1) is 0 Å². The first kappa shape index (κ1) is 82.3. The molecule has 26 rings (SSSR count). The van der Waals surface area contributed by atoms with E-state index in [4.69, 9.17) is 11.5 Å². The summed E-state index contributed by atoms with van der Waals surface area (Å²) in [4.78, 5) is 5.19. The SMILES string of the molecule is Brc1ccccc1-c1ccccc1.Nc1ccccc1-c1cccc2c(-c3ccccc3N)cccc12.c1ccc(-c2ccccc2Nc2ccccc2-c2cccc3c(-c4ccccc4Nc4ccccc4-c4ccccc4)cccc23)cc1.c1ccc2c(c1)-c1ccccc1N1c3ccccc3-c3c(ccc4c5c(ccc34)N3c4ccccc4-c4ccccc4C3c3ccccc3-5)C21. The number of hydrogen-bond donors (Lipinski definition) is 4. The van der Waals surface area contributed by atoms with E-state index in [9.17, 15) is 0 Å². The smallest absolute Gasteiger partial charge is 0.0857 e. The van der Waals surface area contributed by atoms with Crippen molar-refractivity contribution in [2.75, 3.05) is 31.9 Å². The third kappa shape index (κ3) is 15.1. The van der Waals surface area contributed by atoms with Crippen LogP contribution in [0.15, 0.2) is 508 Å². The number of fused-ring (bicyclic) bond motifs is 27. The fourth-order valence-corrected chi connectivity index (χ4v) is 21.5. The molecule has 7 heteroatoms. The van der Waals surface area contributed by atoms with Crippen molar-refractivity contribution in [3.05, 3.63) is 530 Å². The van der Waals surface area contributed by atoms with Crippen molar-refractivity contribution < 1.29 is 0 Å². The number of nitrogens with zero attached hydrogens (tertiary/aromatic N) is 2. The molecule has 135 heavy (non-hydrogen) atoms. The van der Waals surface area contributed by atoms with Crippen LogP contribution in [0, 0.1) is 0 Å². The van der Waals surface area contributed by atoms with Gasteiger partial charge in [0.05, 0.1) is 17.8 Å². The average molecular weight is 1790 g/mol. The van der Waals surface area contributed by atoms with Gasteiger partial charge in [-0.2, -0.15) is 0 Å². The molecule has 640 valence electrons. The van der Waals surface area contributed by atoms with Gasteiger partial charge in [0.1, 0.15) is 0 Å². The van der Waals surface area contributed by atoms with E-state index in [1.165, 1.54) is 166 Å². The zero-order chi connectivity index (χ0) is 90.2. The summed E-state index contributed by atoms with van der Waals surface area (Å²) < 4.78 is 1.14. The van der Waals surface area contributed by atoms with Crippen LogP contribution >= 0.6 is 15.9 Å². The predicted molar refractivity (Wildman–Crippen MR) is 575 cm³/mol. The number of para-hydroxylation sites is 9. The Labute approximate surface area is 795 Å². The Morgan fingerprint density at radius 3 is 0.889 bits per heavy atom. The van der Waals surface area contributed by atoms with Gasteiger partial charge in [-0.25, -0.2) is 0 Å². The number of anilines is 10. The van der Waals surface area contributed by atoms with Gasteiger partial charge in [0.2, 0.25) is 0 Å². The molecule has 4 aliphatic heterocycles. The lowest BCUT2D eigenvalue weighted by Crippen LogP contribution is -2.33. The molecular weight excluding hydrogens is 1700 g/mol. The van der Waals surface area contributed by atoms with Crippen LogP contribution in [-0.2, 0) is 0 Å². The summed E-state index contributed by atoms with van der Waals surface area (Å²) in [6.07, 6.45) is 0. The monoisotopic (exact) mass is 1790 g/mol. The minimum absolute atomic E-state index is 0.0774. The molecular formula is C128H91BrN6. The number of nitrogens with two attached hydrogens (primary N) is 2. The summed E-state index contributed by atoms with van der Waals surface area (Å²) >= 11 is 3.53. The van der Waals surface area contributed by atoms with Crippen LogP contribution in [-0.4, -0.2) is 0 Å². The minimum Gasteiger partial charge on any atom is -0.398 e. The summed E-state index contributed by atoms with van der Waals surface area (Å²) in [5.74, 6) is 0. The van der Waals surface area contributed by atoms with Crippen molar-refractivity contribution >= 4 is 105 Å². The van der Waals surface area contributed by atoms with E-state index in [1.807, 2.05) is 54.6 Å². The summed E-state index contributed by atoms with van der Waals surface area (Å²) in [6.45, 7) is 0. The largest absolute Gasteiger partial charge is 0.398 e. The number of halogens is 1. The van der Waals surface area contributed by atoms with Gasteiger partial charge in [0.15, 0.2) is 0 Å². The van der Waals surface area contributed by atoms with Gasteiger partial charge >= 0.3 is 0 Å². The zero-order valence-corrected chi connectivity index (χ0v) is 75.6. The summed E-state index contributed by atoms with van der Waals surface area (Å²) in [5, 5.41) is 15.0. The predicted octanol–water partition coefficient (Wildman–Crippen LogP) is 35.1. The molecule has 4 heterocycles. The third-order valence-electron chi connectivity index (χ3n) is 27.0. The Morgan fingerprint density at radius 1 is 0.170 bits per heavy atom. The highest BCUT2D eigenvalue weighted by Gasteiger charge is 2.43. The minimum atomic E-state index is 0.0774. The van der Waals surface area contributed by atoms with E-state index in [0.717, 1.165) is 72.0 Å². The second-order valence-electron chi connectivity index (χ2n) is 34.5. The quantitative estimate of drug-likeness (QED) is 0.0966. The van der Waals surface area contributed by atoms with Crippen LogP contribution in [0.1, 0.15) is 34.3 Å². The second kappa shape index (κ2) is 36.0. The lowest BCUT2D eigenvalue weighted by molar-refractivity contribution is 0.802. The first-order valence-corrected chi connectivity index (χ1v) is 46.9. The molecule has 6 N–H and O–H groups in total. The topological polar surface area (TPSA) is 82.6 Å². The van der Waals surface area contributed by atoms with Gasteiger partial charge in [0, 0.05) is 111 Å². The van der Waals surface area contributed by atoms with Gasteiger partial charge in [-0.05, 0) is 188 Å². The Balaban J connectivity index is 0.000000112. The molecule has 6 nitrogen and oxygen atoms in total. The maximum Gasteiger partial charge on any atom is 0.0857 e. The first-order valence-electron chi connectivity index (χ1n) is 46.1. The molecule has 0 aromatic heterocycles. The fraction of sp³-hybridized carbons (Fsp3) is 0.0156. The van der Waals surface area contributed by atoms with Crippen molar-refractivity contribution in [1.82, 2.24) is 0 Å². The highest BCUT2D eigenvalue weighted by molar-refractivity contribution is 9.10. The molecule has 2 unspecified atom stereocenters. The molecule has 0 radical (unpaired) electrons. The molecule has 0 bridgehead atoms. The number of benzene rings is 22. The van der Waals surface area contributed by atoms with Crippen molar-refractivity contribution in [2.24, 2.45) is 0 Å². The van der Waals surface area contributed by atoms with Crippen LogP contribution in [0.5, 0.6) is 0 Å². The van der Waals surface area contributed by atoms with Crippen LogP contribution in [0.4, 0.5) is 56.9 Å². The number of hydrogen-bond acceptors (Lipinski definition) is 6. The number of rotatable bonds is 11. The molecule has 0 saturated carbocycles. The van der Waals surface area contributed by atoms with Crippen molar-refractivity contribution in [1.29, 1.82) is 0 Å². The molecule has 0 spiro atoms. The average Bonchev–Trinajstić information content (AvgIpc) is 0.729. The Morgan fingerprint density at radius 2 is 0.452 bits per heavy atom. The van der Waals surface area contributed by atoms with Gasteiger partial charge in [-0.3, -0.25) is 0 Å². The molecule has 22 aromatic carbocycles. The lowest BCUT2D eigenvalue weighted by atomic mass is 9.75. The second-order valence-corrected chi connectivity index (χ2v) is 35.4. The summed E-state index contributed by atoms with van der Waals surface area (Å²) in [5.41, 5.74) is 55.6. The molecule has 2 atom stereocenters. The molecule has 0 aliphatic carbocycles. The lowest BCUT2D eigenvalue weighted by Gasteiger charge is -2.46. The number of nitrogens with one attached hydrogen (secondary N) is 2. The Hall–Kier alpha value is -17.1. The standard InChI is InChI=1S/C48H30N2.C46H34N2.C22H18N2.C12H9Br/c1-4-18-36-29(13-1)32-16-8-11-23-42(32)50-44-28-27-34-35(46(44)33-17-3-6-20-38(33)47(36)50)25-26-40-45(34)39-21-9-12-24-43(39)49-41-22-10-7-15-31(41)30-14-2-5-19-37(30)48(40)49;1-3-17-33(18-4-1)35-21-7-11-29-43(35)47-45-31-13-9-23-41(45)39-27-15-26-38-37(39)25-16-28-40(38)42-24-10-14-32-46(42)48-44-30-12-8-22-36(44)34-19-5-2-6-20-34;23-21-13-3-1-7-19(21)17-11-5-10-16-15(17)9-6-12-18(16)20-8-2-4-14-22(20)24;13-12-9-5-4-8-11(12)10-6-2-1-3-7-10/h1-28,47-48H;1-32,47-48H;1-14H,23-24H2;1-9H. The van der Waals surface area contributed by atoms with E-state index >= 15 is 0 Å². The van der Waals surface area contributed by atoms with Gasteiger partial charge in [0.25, 0.3) is 0 Å². The molecule has 4 aliphatic rings. The molecule has 22 aromatic rings. The van der Waals surface area contributed by atoms with Crippen LogP contribution in [0.2, 0.25) is 0 Å². The maximum absolute atomic E-state index is 6.20. The van der Waals surface area contributed by atoms with E-state index in [-0.39, 0.29) is 12.1 Å². The van der Waals surface area contributed by atoms with E-state index < -0.39 is 0 Å². The Kier molecular flexibility index (Phi) is 21.9.